The van der Waals surface area contributed by atoms with Crippen LogP contribution in [-0.2, 0) is 6.54 Å². The predicted molar refractivity (Wildman–Crippen MR) is 78.4 cm³/mol. The van der Waals surface area contributed by atoms with Gasteiger partial charge in [-0.15, -0.1) is 0 Å². The van der Waals surface area contributed by atoms with Gasteiger partial charge in [0.1, 0.15) is 5.75 Å². The number of likely N-dealkylation sites (N-methyl/N-ethyl adjacent to an activating group) is 1. The summed E-state index contributed by atoms with van der Waals surface area (Å²) in [5.41, 5.74) is 6.81. The summed E-state index contributed by atoms with van der Waals surface area (Å²) in [5.74, 6) is 0.832. The van der Waals surface area contributed by atoms with Crippen LogP contribution in [0, 0.1) is 0 Å². The van der Waals surface area contributed by atoms with Crippen LogP contribution < -0.4 is 10.5 Å². The molecule has 0 saturated carbocycles. The molecule has 5 heteroatoms. The fourth-order valence-electron chi connectivity index (χ4n) is 1.45. The Labute approximate surface area is 116 Å². The highest BCUT2D eigenvalue weighted by atomic mass is 79.9. The highest BCUT2D eigenvalue weighted by Crippen LogP contribution is 2.26. The van der Waals surface area contributed by atoms with Gasteiger partial charge in [-0.3, -0.25) is 4.90 Å². The van der Waals surface area contributed by atoms with Gasteiger partial charge in [-0.1, -0.05) is 18.3 Å². The monoisotopic (exact) mass is 316 g/mol. The second-order valence-electron chi connectivity index (χ2n) is 3.96. The van der Waals surface area contributed by atoms with E-state index in [1.807, 2.05) is 32.2 Å². The Balaban J connectivity index is 2.75. The Kier molecular flexibility index (Phi) is 5.36. The third-order valence-corrected chi connectivity index (χ3v) is 3.68. The number of rotatable bonds is 5. The van der Waals surface area contributed by atoms with Crippen molar-refractivity contribution in [1.82, 2.24) is 4.90 Å². The minimum atomic E-state index is 0.0888. The highest BCUT2D eigenvalue weighted by molar-refractivity contribution is 9.10. The molecule has 1 atom stereocenters. The fourth-order valence-corrected chi connectivity index (χ4v) is 2.22. The van der Waals surface area contributed by atoms with Crippen LogP contribution in [0.5, 0.6) is 5.75 Å². The van der Waals surface area contributed by atoms with Crippen LogP contribution in [0.2, 0.25) is 0 Å². The second-order valence-corrected chi connectivity index (χ2v) is 5.29. The Morgan fingerprint density at radius 2 is 2.24 bits per heavy atom. The third-order valence-electron chi connectivity index (χ3n) is 2.72. The van der Waals surface area contributed by atoms with E-state index in [2.05, 4.69) is 20.8 Å². The molecule has 1 aromatic rings. The van der Waals surface area contributed by atoms with Crippen molar-refractivity contribution in [3.8, 4) is 5.75 Å². The molecule has 0 spiro atoms. The summed E-state index contributed by atoms with van der Waals surface area (Å²) < 4.78 is 6.14. The maximum Gasteiger partial charge on any atom is 0.133 e. The molecule has 0 aliphatic rings. The van der Waals surface area contributed by atoms with Crippen molar-refractivity contribution >= 4 is 33.1 Å². The Bertz CT molecular complexity index is 411. The summed E-state index contributed by atoms with van der Waals surface area (Å²) in [4.78, 5) is 2.62. The van der Waals surface area contributed by atoms with E-state index in [1.165, 1.54) is 5.56 Å². The van der Waals surface area contributed by atoms with E-state index < -0.39 is 0 Å². The average molecular weight is 317 g/mol. The van der Waals surface area contributed by atoms with E-state index in [4.69, 9.17) is 22.7 Å². The van der Waals surface area contributed by atoms with Crippen LogP contribution in [0.15, 0.2) is 22.7 Å². The van der Waals surface area contributed by atoms with E-state index >= 15 is 0 Å². The zero-order valence-corrected chi connectivity index (χ0v) is 12.6. The van der Waals surface area contributed by atoms with Gasteiger partial charge in [0.2, 0.25) is 0 Å². The first-order chi connectivity index (χ1) is 7.95. The molecule has 3 nitrogen and oxygen atoms in total. The Morgan fingerprint density at radius 3 is 2.71 bits per heavy atom. The number of hydrogen-bond acceptors (Lipinski definition) is 3. The second kappa shape index (κ2) is 6.33. The number of nitrogens with two attached hydrogens (primary N) is 1. The number of benzene rings is 1. The molecule has 17 heavy (non-hydrogen) atoms. The Hall–Kier alpha value is -0.650. The number of thiocarbonyl (C=S) groups is 1. The summed E-state index contributed by atoms with van der Waals surface area (Å²) >= 11 is 8.45. The van der Waals surface area contributed by atoms with Crippen molar-refractivity contribution in [1.29, 1.82) is 0 Å². The number of halogens is 1. The lowest BCUT2D eigenvalue weighted by Gasteiger charge is -2.23. The largest absolute Gasteiger partial charge is 0.496 e. The van der Waals surface area contributed by atoms with Gasteiger partial charge in [0.15, 0.2) is 0 Å². The molecule has 0 saturated heterocycles. The number of hydrogen-bond donors (Lipinski definition) is 1. The van der Waals surface area contributed by atoms with Crippen molar-refractivity contribution in [3.05, 3.63) is 28.2 Å². The smallest absolute Gasteiger partial charge is 0.133 e. The molecule has 0 fully saturated rings. The first-order valence-corrected chi connectivity index (χ1v) is 6.47. The van der Waals surface area contributed by atoms with Crippen molar-refractivity contribution in [2.45, 2.75) is 19.5 Å². The van der Waals surface area contributed by atoms with Gasteiger partial charge >= 0.3 is 0 Å². The van der Waals surface area contributed by atoms with Gasteiger partial charge < -0.3 is 10.5 Å². The van der Waals surface area contributed by atoms with Crippen LogP contribution in [0.3, 0.4) is 0 Å². The first-order valence-electron chi connectivity index (χ1n) is 5.27. The number of nitrogens with zero attached hydrogens (tertiary/aromatic N) is 1. The van der Waals surface area contributed by atoms with E-state index in [0.717, 1.165) is 16.8 Å². The van der Waals surface area contributed by atoms with Crippen molar-refractivity contribution in [2.75, 3.05) is 14.2 Å². The number of ether oxygens (including phenoxy) is 1. The minimum absolute atomic E-state index is 0.0888. The molecular formula is C12H17BrN2OS. The van der Waals surface area contributed by atoms with Gasteiger partial charge in [0.25, 0.3) is 0 Å². The molecule has 0 aromatic heterocycles. The summed E-state index contributed by atoms with van der Waals surface area (Å²) in [6, 6.07) is 6.11. The molecule has 1 unspecified atom stereocenters. The lowest BCUT2D eigenvalue weighted by Crippen LogP contribution is -2.38. The standard InChI is InChI=1S/C12H17BrN2OS/c1-8(12(14)17)15(2)7-9-4-5-11(16-3)10(13)6-9/h4-6,8H,7H2,1-3H3,(H2,14,17). The molecule has 0 aliphatic heterocycles. The minimum Gasteiger partial charge on any atom is -0.496 e. The van der Waals surface area contributed by atoms with Crippen LogP contribution in [0.25, 0.3) is 0 Å². The molecule has 0 bridgehead atoms. The topological polar surface area (TPSA) is 38.5 Å². The molecule has 94 valence electrons. The van der Waals surface area contributed by atoms with Gasteiger partial charge in [0, 0.05) is 6.54 Å². The zero-order valence-electron chi connectivity index (χ0n) is 10.2. The SMILES string of the molecule is COc1ccc(CN(C)C(C)C(N)=S)cc1Br. The predicted octanol–water partition coefficient (Wildman–Crippen LogP) is 2.56. The molecule has 0 heterocycles. The maximum absolute atomic E-state index is 5.63. The van der Waals surface area contributed by atoms with E-state index in [-0.39, 0.29) is 6.04 Å². The summed E-state index contributed by atoms with van der Waals surface area (Å²) in [6.07, 6.45) is 0. The van der Waals surface area contributed by atoms with Crippen LogP contribution in [0.4, 0.5) is 0 Å². The molecule has 0 amide bonds. The molecular weight excluding hydrogens is 300 g/mol. The molecule has 0 radical (unpaired) electrons. The summed E-state index contributed by atoms with van der Waals surface area (Å²) in [7, 11) is 3.66. The van der Waals surface area contributed by atoms with Gasteiger partial charge in [-0.25, -0.2) is 0 Å². The van der Waals surface area contributed by atoms with Gasteiger partial charge in [-0.05, 0) is 47.6 Å². The maximum atomic E-state index is 5.63. The first kappa shape index (κ1) is 14.4. The van der Waals surface area contributed by atoms with Gasteiger partial charge in [-0.2, -0.15) is 0 Å². The lowest BCUT2D eigenvalue weighted by molar-refractivity contribution is 0.304. The zero-order chi connectivity index (χ0) is 13.0. The van der Waals surface area contributed by atoms with E-state index in [1.54, 1.807) is 7.11 Å². The normalized spacial score (nSPS) is 12.5. The Morgan fingerprint density at radius 1 is 1.59 bits per heavy atom. The van der Waals surface area contributed by atoms with Gasteiger partial charge in [0.05, 0.1) is 22.6 Å². The number of methoxy groups -OCH3 is 1. The molecule has 2 N–H and O–H groups in total. The lowest BCUT2D eigenvalue weighted by atomic mass is 10.2. The quantitative estimate of drug-likeness (QED) is 0.847. The van der Waals surface area contributed by atoms with Crippen molar-refractivity contribution < 1.29 is 4.74 Å². The van der Waals surface area contributed by atoms with Crippen LogP contribution in [-0.4, -0.2) is 30.1 Å². The third kappa shape index (κ3) is 3.94. The fraction of sp³-hybridized carbons (Fsp3) is 0.417. The van der Waals surface area contributed by atoms with Crippen LogP contribution >= 0.6 is 28.1 Å². The molecule has 0 aliphatic carbocycles. The van der Waals surface area contributed by atoms with E-state index in [9.17, 15) is 0 Å². The summed E-state index contributed by atoms with van der Waals surface area (Å²) in [6.45, 7) is 2.79. The molecule has 1 rings (SSSR count). The van der Waals surface area contributed by atoms with Crippen molar-refractivity contribution in [2.24, 2.45) is 5.73 Å². The average Bonchev–Trinajstić information content (AvgIpc) is 2.28. The molecule has 1 aromatic carbocycles. The highest BCUT2D eigenvalue weighted by Gasteiger charge is 2.12. The van der Waals surface area contributed by atoms with E-state index in [0.29, 0.717) is 4.99 Å². The van der Waals surface area contributed by atoms with Crippen LogP contribution in [0.1, 0.15) is 12.5 Å². The van der Waals surface area contributed by atoms with Crippen molar-refractivity contribution in [3.63, 3.8) is 0 Å². The summed E-state index contributed by atoms with van der Waals surface area (Å²) in [5, 5.41) is 0.